The van der Waals surface area contributed by atoms with E-state index in [-0.39, 0.29) is 24.2 Å². The van der Waals surface area contributed by atoms with Crippen LogP contribution in [0, 0.1) is 5.92 Å². The Bertz CT molecular complexity index is 765. The molecule has 0 radical (unpaired) electrons. The molecule has 0 aliphatic carbocycles. The Balaban J connectivity index is 1.48. The van der Waals surface area contributed by atoms with Gasteiger partial charge in [-0.25, -0.2) is 0 Å². The average molecular weight is 396 g/mol. The first-order chi connectivity index (χ1) is 14.3. The van der Waals surface area contributed by atoms with E-state index in [0.29, 0.717) is 19.8 Å². The van der Waals surface area contributed by atoms with E-state index in [2.05, 4.69) is 13.5 Å². The number of fused-ring (bicyclic) bond motifs is 1. The lowest BCUT2D eigenvalue weighted by atomic mass is 9.89. The summed E-state index contributed by atoms with van der Waals surface area (Å²) >= 11 is 0. The molecular weight excluding hydrogens is 368 g/mol. The molecule has 2 heterocycles. The average Bonchev–Trinajstić information content (AvgIpc) is 2.78. The van der Waals surface area contributed by atoms with E-state index in [1.54, 1.807) is 6.08 Å². The molecule has 2 aliphatic rings. The lowest BCUT2D eigenvalue weighted by molar-refractivity contribution is -0.356. The summed E-state index contributed by atoms with van der Waals surface area (Å²) in [5, 5.41) is 0. The van der Waals surface area contributed by atoms with E-state index in [1.165, 1.54) is 0 Å². The van der Waals surface area contributed by atoms with Crippen molar-refractivity contribution in [1.29, 1.82) is 0 Å². The maximum Gasteiger partial charge on any atom is 0.184 e. The van der Waals surface area contributed by atoms with Gasteiger partial charge in [0, 0.05) is 11.5 Å². The van der Waals surface area contributed by atoms with Crippen LogP contribution in [0.2, 0.25) is 0 Å². The van der Waals surface area contributed by atoms with Gasteiger partial charge < -0.3 is 23.7 Å². The molecular formula is C24H28O5. The molecule has 4 rings (SSSR count). The molecule has 2 fully saturated rings. The van der Waals surface area contributed by atoms with Gasteiger partial charge in [0.2, 0.25) is 0 Å². The van der Waals surface area contributed by atoms with Crippen molar-refractivity contribution in [3.63, 3.8) is 0 Å². The van der Waals surface area contributed by atoms with Gasteiger partial charge in [0.1, 0.15) is 12.2 Å². The third-order valence-corrected chi connectivity index (χ3v) is 5.41. The van der Waals surface area contributed by atoms with Crippen LogP contribution in [0.3, 0.4) is 0 Å². The highest BCUT2D eigenvalue weighted by atomic mass is 16.8. The summed E-state index contributed by atoms with van der Waals surface area (Å²) in [6, 6.07) is 20.1. The summed E-state index contributed by atoms with van der Waals surface area (Å²) in [4.78, 5) is 0. The van der Waals surface area contributed by atoms with Crippen molar-refractivity contribution in [2.24, 2.45) is 5.92 Å². The van der Waals surface area contributed by atoms with Crippen molar-refractivity contribution in [2.75, 3.05) is 13.2 Å². The van der Waals surface area contributed by atoms with Crippen LogP contribution in [-0.4, -0.2) is 37.8 Å². The number of ether oxygens (including phenoxy) is 5. The Hall–Kier alpha value is -2.02. The summed E-state index contributed by atoms with van der Waals surface area (Å²) < 4.78 is 30.6. The van der Waals surface area contributed by atoms with Crippen molar-refractivity contribution in [1.82, 2.24) is 0 Å². The van der Waals surface area contributed by atoms with E-state index in [0.717, 1.165) is 11.1 Å². The topological polar surface area (TPSA) is 46.2 Å². The highest BCUT2D eigenvalue weighted by molar-refractivity contribution is 5.17. The number of rotatable bonds is 7. The Kier molecular flexibility index (Phi) is 6.74. The zero-order chi connectivity index (χ0) is 20.1. The van der Waals surface area contributed by atoms with Crippen LogP contribution in [0.25, 0.3) is 0 Å². The molecule has 5 nitrogen and oxygen atoms in total. The van der Waals surface area contributed by atoms with Crippen molar-refractivity contribution in [3.8, 4) is 0 Å². The quantitative estimate of drug-likeness (QED) is 0.655. The van der Waals surface area contributed by atoms with Gasteiger partial charge in [-0.2, -0.15) is 0 Å². The van der Waals surface area contributed by atoms with Crippen LogP contribution in [0.1, 0.15) is 24.3 Å². The second kappa shape index (κ2) is 9.65. The molecule has 2 saturated heterocycles. The van der Waals surface area contributed by atoms with Gasteiger partial charge in [0.05, 0.1) is 25.9 Å². The van der Waals surface area contributed by atoms with Gasteiger partial charge in [-0.1, -0.05) is 73.7 Å². The molecule has 5 heteroatoms. The predicted molar refractivity (Wildman–Crippen MR) is 109 cm³/mol. The minimum Gasteiger partial charge on any atom is -0.368 e. The van der Waals surface area contributed by atoms with Gasteiger partial charge in [0.25, 0.3) is 0 Å². The van der Waals surface area contributed by atoms with E-state index in [9.17, 15) is 0 Å². The fourth-order valence-corrected chi connectivity index (χ4v) is 3.89. The Labute approximate surface area is 172 Å². The fourth-order valence-electron chi connectivity index (χ4n) is 3.89. The van der Waals surface area contributed by atoms with Gasteiger partial charge in [-0.15, -0.1) is 6.58 Å². The van der Waals surface area contributed by atoms with Crippen LogP contribution in [-0.2, 0) is 30.3 Å². The van der Waals surface area contributed by atoms with Crippen LogP contribution in [0.15, 0.2) is 73.3 Å². The van der Waals surface area contributed by atoms with E-state index < -0.39 is 12.6 Å². The van der Waals surface area contributed by atoms with Crippen LogP contribution in [0.5, 0.6) is 0 Å². The van der Waals surface area contributed by atoms with Gasteiger partial charge in [-0.05, 0) is 5.56 Å². The maximum absolute atomic E-state index is 6.32. The van der Waals surface area contributed by atoms with Crippen LogP contribution < -0.4 is 0 Å². The first kappa shape index (κ1) is 20.3. The molecule has 0 bridgehead atoms. The third kappa shape index (κ3) is 4.77. The molecule has 0 amide bonds. The van der Waals surface area contributed by atoms with Gasteiger partial charge in [0.15, 0.2) is 12.6 Å². The largest absolute Gasteiger partial charge is 0.368 e. The molecule has 0 aromatic heterocycles. The monoisotopic (exact) mass is 396 g/mol. The van der Waals surface area contributed by atoms with E-state index in [1.807, 2.05) is 60.7 Å². The molecule has 154 valence electrons. The van der Waals surface area contributed by atoms with Crippen molar-refractivity contribution < 1.29 is 23.7 Å². The molecule has 2 aliphatic heterocycles. The SMILES string of the molecule is C=CCO[C@@H]1OC2COC(c3ccccc3)O[C@H]2[C@H](C)C1OCc1ccccc1. The van der Waals surface area contributed by atoms with Crippen LogP contribution in [0.4, 0.5) is 0 Å². The standard InChI is InChI=1S/C24H28O5/c1-3-14-25-24-22(26-15-18-10-6-4-7-11-18)17(2)21-20(28-24)16-27-23(29-21)19-12-8-5-9-13-19/h3-13,17,20-24H,1,14-16H2,2H3/t17-,20?,21-,22?,23?,24+/m0/s1. The number of hydrogen-bond donors (Lipinski definition) is 0. The first-order valence-electron chi connectivity index (χ1n) is 10.1. The van der Waals surface area contributed by atoms with Crippen molar-refractivity contribution in [2.45, 2.75) is 44.4 Å². The zero-order valence-electron chi connectivity index (χ0n) is 16.7. The summed E-state index contributed by atoms with van der Waals surface area (Å²) in [6.07, 6.45) is 0.228. The minimum absolute atomic E-state index is 0.0717. The van der Waals surface area contributed by atoms with Crippen molar-refractivity contribution >= 4 is 0 Å². The molecule has 2 aromatic carbocycles. The fraction of sp³-hybridized carbons (Fsp3) is 0.417. The maximum atomic E-state index is 6.32. The second-order valence-electron chi connectivity index (χ2n) is 7.46. The lowest BCUT2D eigenvalue weighted by Gasteiger charge is -2.48. The Morgan fingerprint density at radius 2 is 1.72 bits per heavy atom. The van der Waals surface area contributed by atoms with Crippen LogP contribution >= 0.6 is 0 Å². The molecule has 0 spiro atoms. The highest BCUT2D eigenvalue weighted by Gasteiger charge is 2.48. The van der Waals surface area contributed by atoms with E-state index in [4.69, 9.17) is 23.7 Å². The first-order valence-corrected chi connectivity index (χ1v) is 10.1. The summed E-state index contributed by atoms with van der Waals surface area (Å²) in [5.41, 5.74) is 2.12. The Morgan fingerprint density at radius 3 is 2.45 bits per heavy atom. The normalized spacial score (nSPS) is 31.8. The van der Waals surface area contributed by atoms with Gasteiger partial charge in [-0.3, -0.25) is 0 Å². The summed E-state index contributed by atoms with van der Waals surface area (Å²) in [7, 11) is 0. The highest BCUT2D eigenvalue weighted by Crippen LogP contribution is 2.38. The molecule has 2 aromatic rings. The smallest absolute Gasteiger partial charge is 0.184 e. The molecule has 0 saturated carbocycles. The van der Waals surface area contributed by atoms with E-state index >= 15 is 0 Å². The molecule has 29 heavy (non-hydrogen) atoms. The lowest BCUT2D eigenvalue weighted by Crippen LogP contribution is -2.59. The summed E-state index contributed by atoms with van der Waals surface area (Å²) in [5.74, 6) is 0.0717. The Morgan fingerprint density at radius 1 is 1.00 bits per heavy atom. The molecule has 0 N–H and O–H groups in total. The molecule has 6 atom stereocenters. The minimum atomic E-state index is -0.492. The second-order valence-corrected chi connectivity index (χ2v) is 7.46. The predicted octanol–water partition coefficient (Wildman–Crippen LogP) is 4.25. The zero-order valence-corrected chi connectivity index (χ0v) is 16.7. The summed E-state index contributed by atoms with van der Waals surface area (Å²) in [6.45, 7) is 7.21. The van der Waals surface area contributed by atoms with Crippen molar-refractivity contribution in [3.05, 3.63) is 84.4 Å². The number of hydrogen-bond acceptors (Lipinski definition) is 5. The van der Waals surface area contributed by atoms with Gasteiger partial charge >= 0.3 is 0 Å². The molecule has 3 unspecified atom stereocenters. The third-order valence-electron chi connectivity index (χ3n) is 5.41. The number of benzene rings is 2.